The highest BCUT2D eigenvalue weighted by Crippen LogP contribution is 2.29. The number of hydrogen-bond donors (Lipinski definition) is 2. The molecular formula is C15H17Cl2NO4. The molecule has 1 saturated carbocycles. The zero-order valence-electron chi connectivity index (χ0n) is 12.0. The Labute approximate surface area is 138 Å². The maximum Gasteiger partial charge on any atom is 0.308 e. The number of carboxylic acids is 1. The van der Waals surface area contributed by atoms with E-state index in [-0.39, 0.29) is 11.9 Å². The lowest BCUT2D eigenvalue weighted by Gasteiger charge is -2.21. The molecule has 1 aliphatic rings. The van der Waals surface area contributed by atoms with Crippen LogP contribution in [-0.2, 0) is 9.59 Å². The van der Waals surface area contributed by atoms with E-state index in [1.54, 1.807) is 19.1 Å². The Balaban J connectivity index is 1.96. The minimum Gasteiger partial charge on any atom is -0.481 e. The van der Waals surface area contributed by atoms with Gasteiger partial charge in [0.05, 0.1) is 10.9 Å². The second-order valence-electron chi connectivity index (χ2n) is 5.33. The number of benzene rings is 1. The molecule has 3 atom stereocenters. The van der Waals surface area contributed by atoms with E-state index in [0.717, 1.165) is 6.42 Å². The van der Waals surface area contributed by atoms with Gasteiger partial charge in [0.15, 0.2) is 6.10 Å². The highest BCUT2D eigenvalue weighted by molar-refractivity contribution is 6.35. The Morgan fingerprint density at radius 3 is 2.73 bits per heavy atom. The smallest absolute Gasteiger partial charge is 0.308 e. The molecule has 7 heteroatoms. The number of amides is 1. The Morgan fingerprint density at radius 1 is 1.36 bits per heavy atom. The number of halogens is 2. The molecule has 2 rings (SSSR count). The van der Waals surface area contributed by atoms with Gasteiger partial charge in [-0.1, -0.05) is 29.6 Å². The summed E-state index contributed by atoms with van der Waals surface area (Å²) in [6.07, 6.45) is 1.25. The number of nitrogens with one attached hydrogen (secondary N) is 1. The summed E-state index contributed by atoms with van der Waals surface area (Å²) in [5, 5.41) is 12.7. The minimum atomic E-state index is -0.878. The first-order chi connectivity index (χ1) is 10.4. The second kappa shape index (κ2) is 7.20. The number of carbonyl (C=O) groups excluding carboxylic acids is 1. The lowest BCUT2D eigenvalue weighted by atomic mass is 10.0. The van der Waals surface area contributed by atoms with Gasteiger partial charge < -0.3 is 15.2 Å². The number of aliphatic carboxylic acids is 1. The Kier molecular flexibility index (Phi) is 5.53. The van der Waals surface area contributed by atoms with Crippen LogP contribution in [0.2, 0.25) is 10.0 Å². The molecule has 2 N–H and O–H groups in total. The molecular weight excluding hydrogens is 329 g/mol. The molecule has 0 saturated heterocycles. The SMILES string of the molecule is C[C@@H](Oc1ccc(Cl)cc1Cl)C(=O)N[C@H]1CCC[C@H]1C(=O)O. The van der Waals surface area contributed by atoms with Crippen molar-refractivity contribution in [2.75, 3.05) is 0 Å². The molecule has 1 aromatic rings. The maximum absolute atomic E-state index is 12.2. The second-order valence-corrected chi connectivity index (χ2v) is 6.17. The van der Waals surface area contributed by atoms with Crippen LogP contribution in [0, 0.1) is 5.92 Å². The van der Waals surface area contributed by atoms with Gasteiger partial charge in [-0.25, -0.2) is 0 Å². The number of ether oxygens (including phenoxy) is 1. The summed E-state index contributed by atoms with van der Waals surface area (Å²) < 4.78 is 5.52. The molecule has 5 nitrogen and oxygen atoms in total. The van der Waals surface area contributed by atoms with E-state index in [0.29, 0.717) is 28.6 Å². The Hall–Kier alpha value is -1.46. The van der Waals surface area contributed by atoms with E-state index in [2.05, 4.69) is 5.32 Å². The highest BCUT2D eigenvalue weighted by Gasteiger charge is 2.34. The lowest BCUT2D eigenvalue weighted by molar-refractivity contribution is -0.142. The van der Waals surface area contributed by atoms with Gasteiger partial charge in [0, 0.05) is 11.1 Å². The predicted molar refractivity (Wildman–Crippen MR) is 83.5 cm³/mol. The van der Waals surface area contributed by atoms with Crippen LogP contribution in [0.15, 0.2) is 18.2 Å². The van der Waals surface area contributed by atoms with Gasteiger partial charge >= 0.3 is 5.97 Å². The number of carbonyl (C=O) groups is 2. The van der Waals surface area contributed by atoms with Crippen LogP contribution in [-0.4, -0.2) is 29.1 Å². The van der Waals surface area contributed by atoms with E-state index < -0.39 is 18.0 Å². The molecule has 0 heterocycles. The van der Waals surface area contributed by atoms with Crippen molar-refractivity contribution in [1.29, 1.82) is 0 Å². The fraction of sp³-hybridized carbons (Fsp3) is 0.467. The minimum absolute atomic E-state index is 0.316. The summed E-state index contributed by atoms with van der Waals surface area (Å²) in [6, 6.07) is 4.38. The fourth-order valence-electron chi connectivity index (χ4n) is 2.54. The zero-order valence-corrected chi connectivity index (χ0v) is 13.5. The van der Waals surface area contributed by atoms with Gasteiger partial charge in [-0.3, -0.25) is 9.59 Å². The molecule has 0 aliphatic heterocycles. The van der Waals surface area contributed by atoms with Crippen LogP contribution in [0.5, 0.6) is 5.75 Å². The molecule has 120 valence electrons. The summed E-state index contributed by atoms with van der Waals surface area (Å²) in [4.78, 5) is 23.3. The van der Waals surface area contributed by atoms with Gasteiger partial charge in [-0.15, -0.1) is 0 Å². The van der Waals surface area contributed by atoms with Crippen LogP contribution < -0.4 is 10.1 Å². The first-order valence-corrected chi connectivity index (χ1v) is 7.79. The van der Waals surface area contributed by atoms with E-state index in [4.69, 9.17) is 33.0 Å². The van der Waals surface area contributed by atoms with Crippen molar-refractivity contribution in [2.24, 2.45) is 5.92 Å². The van der Waals surface area contributed by atoms with E-state index in [1.807, 2.05) is 0 Å². The number of carboxylic acid groups (broad SMARTS) is 1. The van der Waals surface area contributed by atoms with Gasteiger partial charge in [-0.2, -0.15) is 0 Å². The van der Waals surface area contributed by atoms with Crippen molar-refractivity contribution in [2.45, 2.75) is 38.3 Å². The monoisotopic (exact) mass is 345 g/mol. The third-order valence-electron chi connectivity index (χ3n) is 3.73. The molecule has 22 heavy (non-hydrogen) atoms. The molecule has 0 bridgehead atoms. The summed E-state index contributed by atoms with van der Waals surface area (Å²) in [6.45, 7) is 1.59. The third-order valence-corrected chi connectivity index (χ3v) is 4.26. The van der Waals surface area contributed by atoms with Crippen LogP contribution in [0.1, 0.15) is 26.2 Å². The molecule has 1 aromatic carbocycles. The average Bonchev–Trinajstić information content (AvgIpc) is 2.90. The van der Waals surface area contributed by atoms with Crippen molar-refractivity contribution in [3.8, 4) is 5.75 Å². The van der Waals surface area contributed by atoms with E-state index >= 15 is 0 Å². The van der Waals surface area contributed by atoms with Crippen LogP contribution in [0.3, 0.4) is 0 Å². The third kappa shape index (κ3) is 4.05. The average molecular weight is 346 g/mol. The quantitative estimate of drug-likeness (QED) is 0.859. The first-order valence-electron chi connectivity index (χ1n) is 7.03. The standard InChI is InChI=1S/C15H17Cl2NO4/c1-8(22-13-6-5-9(16)7-11(13)17)14(19)18-12-4-2-3-10(12)15(20)21/h5-8,10,12H,2-4H2,1H3,(H,18,19)(H,20,21)/t8-,10-,12+/m1/s1. The number of hydrogen-bond acceptors (Lipinski definition) is 3. The van der Waals surface area contributed by atoms with Gasteiger partial charge in [0.1, 0.15) is 5.75 Å². The Morgan fingerprint density at radius 2 is 2.09 bits per heavy atom. The van der Waals surface area contributed by atoms with E-state index in [1.165, 1.54) is 6.07 Å². The topological polar surface area (TPSA) is 75.6 Å². The van der Waals surface area contributed by atoms with Crippen molar-refractivity contribution in [3.63, 3.8) is 0 Å². The summed E-state index contributed by atoms with van der Waals surface area (Å²) >= 11 is 11.8. The fourth-order valence-corrected chi connectivity index (χ4v) is 3.00. The van der Waals surface area contributed by atoms with Gasteiger partial charge in [0.2, 0.25) is 0 Å². The molecule has 1 fully saturated rings. The summed E-state index contributed by atoms with van der Waals surface area (Å²) in [5.74, 6) is -1.41. The van der Waals surface area contributed by atoms with Crippen LogP contribution >= 0.6 is 23.2 Å². The molecule has 0 unspecified atom stereocenters. The van der Waals surface area contributed by atoms with Crippen molar-refractivity contribution in [3.05, 3.63) is 28.2 Å². The predicted octanol–water partition coefficient (Wildman–Crippen LogP) is 3.13. The van der Waals surface area contributed by atoms with E-state index in [9.17, 15) is 9.59 Å². The molecule has 1 aliphatic carbocycles. The van der Waals surface area contributed by atoms with Crippen LogP contribution in [0.25, 0.3) is 0 Å². The van der Waals surface area contributed by atoms with Gasteiger partial charge in [0.25, 0.3) is 5.91 Å². The molecule has 0 radical (unpaired) electrons. The highest BCUT2D eigenvalue weighted by atomic mass is 35.5. The zero-order chi connectivity index (χ0) is 16.3. The maximum atomic E-state index is 12.2. The summed E-state index contributed by atoms with van der Waals surface area (Å²) in [5.41, 5.74) is 0. The lowest BCUT2D eigenvalue weighted by Crippen LogP contribution is -2.45. The van der Waals surface area contributed by atoms with Crippen molar-refractivity contribution in [1.82, 2.24) is 5.32 Å². The van der Waals surface area contributed by atoms with Crippen LogP contribution in [0.4, 0.5) is 0 Å². The van der Waals surface area contributed by atoms with Crippen molar-refractivity contribution < 1.29 is 19.4 Å². The normalized spacial score (nSPS) is 22.1. The molecule has 0 aromatic heterocycles. The van der Waals surface area contributed by atoms with Gasteiger partial charge in [-0.05, 0) is 38.0 Å². The number of rotatable bonds is 5. The molecule has 1 amide bonds. The Bertz CT molecular complexity index is 579. The molecule has 0 spiro atoms. The largest absolute Gasteiger partial charge is 0.481 e. The summed E-state index contributed by atoms with van der Waals surface area (Å²) in [7, 11) is 0. The first kappa shape index (κ1) is 16.9. The van der Waals surface area contributed by atoms with Crippen molar-refractivity contribution >= 4 is 35.1 Å².